The van der Waals surface area contributed by atoms with Crippen LogP contribution >= 0.6 is 15.9 Å². The predicted octanol–water partition coefficient (Wildman–Crippen LogP) is 2.90. The number of aryl methyl sites for hydroxylation is 1. The van der Waals surface area contributed by atoms with Gasteiger partial charge in [-0.25, -0.2) is 5.43 Å². The second-order valence-electron chi connectivity index (χ2n) is 8.76. The predicted molar refractivity (Wildman–Crippen MR) is 140 cm³/mol. The molecule has 1 aliphatic rings. The van der Waals surface area contributed by atoms with Crippen LogP contribution in [0.1, 0.15) is 35.3 Å². The molecule has 0 radical (unpaired) electrons. The number of nitrogens with one attached hydrogen (secondary N) is 2. The number of benzene rings is 2. The molecule has 3 amide bonds. The van der Waals surface area contributed by atoms with Gasteiger partial charge in [0.05, 0.1) is 19.4 Å². The third-order valence-corrected chi connectivity index (χ3v) is 6.11. The molecule has 36 heavy (non-hydrogen) atoms. The molecular weight excluding hydrogens is 528 g/mol. The number of carbonyl (C=O) groups excluding carboxylic acids is 3. The molecule has 0 bridgehead atoms. The highest BCUT2D eigenvalue weighted by molar-refractivity contribution is 9.10. The molecule has 0 saturated carbocycles. The van der Waals surface area contributed by atoms with E-state index in [9.17, 15) is 14.4 Å². The molecule has 0 aromatic heterocycles. The lowest BCUT2D eigenvalue weighted by Crippen LogP contribution is -2.48. The summed E-state index contributed by atoms with van der Waals surface area (Å²) in [7, 11) is 0. The number of amides is 3. The highest BCUT2D eigenvalue weighted by Gasteiger charge is 2.24. The summed E-state index contributed by atoms with van der Waals surface area (Å²) in [5.74, 6) is -0.611. The fraction of sp³-hybridized carbons (Fsp3) is 0.385. The molecule has 9 nitrogen and oxygen atoms in total. The smallest absolute Gasteiger partial charge is 0.262 e. The normalized spacial score (nSPS) is 14.5. The Labute approximate surface area is 219 Å². The summed E-state index contributed by atoms with van der Waals surface area (Å²) >= 11 is 3.41. The average molecular weight is 559 g/mol. The Balaban J connectivity index is 1.61. The molecule has 1 aliphatic heterocycles. The molecule has 1 heterocycles. The molecule has 0 spiro atoms. The zero-order chi connectivity index (χ0) is 26.1. The van der Waals surface area contributed by atoms with Gasteiger partial charge in [-0.2, -0.15) is 5.10 Å². The highest BCUT2D eigenvalue weighted by atomic mass is 79.9. The van der Waals surface area contributed by atoms with Gasteiger partial charge in [0, 0.05) is 28.7 Å². The molecular formula is C26H31BrN4O5. The fourth-order valence-electron chi connectivity index (χ4n) is 3.49. The van der Waals surface area contributed by atoms with Crippen LogP contribution in [0.5, 0.6) is 5.75 Å². The maximum atomic E-state index is 12.8. The van der Waals surface area contributed by atoms with Gasteiger partial charge in [-0.15, -0.1) is 0 Å². The second kappa shape index (κ2) is 13.2. The van der Waals surface area contributed by atoms with Crippen molar-refractivity contribution in [3.8, 4) is 5.75 Å². The molecule has 192 valence electrons. The van der Waals surface area contributed by atoms with Crippen LogP contribution in [-0.2, 0) is 14.3 Å². The van der Waals surface area contributed by atoms with Crippen LogP contribution in [0.3, 0.4) is 0 Å². The van der Waals surface area contributed by atoms with Crippen molar-refractivity contribution in [3.63, 3.8) is 0 Å². The van der Waals surface area contributed by atoms with Crippen LogP contribution < -0.4 is 15.5 Å². The van der Waals surface area contributed by atoms with Gasteiger partial charge < -0.3 is 19.7 Å². The van der Waals surface area contributed by atoms with Gasteiger partial charge in [0.15, 0.2) is 6.61 Å². The molecule has 2 aromatic carbocycles. The minimum atomic E-state index is -0.777. The number of nitrogens with zero attached hydrogens (tertiary/aromatic N) is 2. The first-order chi connectivity index (χ1) is 17.2. The lowest BCUT2D eigenvalue weighted by molar-refractivity contribution is -0.137. The standard InChI is InChI=1S/C26H31BrN4O5/c1-17(2)24(29-25(33)19-6-4-18(3)5-7-19)26(34)30-28-15-20-14-21(27)8-9-22(20)36-16-23(32)31-10-12-35-13-11-31/h4-9,14-15,17,24H,10-13,16H2,1-3H3,(H,29,33)(H,30,34)/b28-15-. The SMILES string of the molecule is Cc1ccc(C(=O)NC(C(=O)N/N=C\c2cc(Br)ccc2OCC(=O)N2CCOCC2)C(C)C)cc1. The van der Waals surface area contributed by atoms with E-state index in [0.717, 1.165) is 10.0 Å². The van der Waals surface area contributed by atoms with Crippen LogP contribution in [0, 0.1) is 12.8 Å². The Kier molecular flexibility index (Phi) is 10.0. The number of hydrogen-bond donors (Lipinski definition) is 2. The van der Waals surface area contributed by atoms with Crippen LogP contribution in [0.15, 0.2) is 52.0 Å². The molecule has 1 unspecified atom stereocenters. The molecule has 1 fully saturated rings. The Morgan fingerprint density at radius 2 is 1.83 bits per heavy atom. The summed E-state index contributed by atoms with van der Waals surface area (Å²) in [4.78, 5) is 39.5. The van der Waals surface area contributed by atoms with Crippen molar-refractivity contribution in [2.75, 3.05) is 32.9 Å². The summed E-state index contributed by atoms with van der Waals surface area (Å²) in [6, 6.07) is 11.6. The van der Waals surface area contributed by atoms with E-state index in [1.54, 1.807) is 35.2 Å². The number of halogens is 1. The van der Waals surface area contributed by atoms with E-state index in [-0.39, 0.29) is 24.3 Å². The van der Waals surface area contributed by atoms with E-state index < -0.39 is 11.9 Å². The first-order valence-electron chi connectivity index (χ1n) is 11.7. The van der Waals surface area contributed by atoms with Crippen molar-refractivity contribution in [3.05, 3.63) is 63.6 Å². The van der Waals surface area contributed by atoms with Gasteiger partial charge in [0.2, 0.25) is 0 Å². The summed E-state index contributed by atoms with van der Waals surface area (Å²) in [6.45, 7) is 7.63. The van der Waals surface area contributed by atoms with Crippen molar-refractivity contribution < 1.29 is 23.9 Å². The minimum absolute atomic E-state index is 0.116. The van der Waals surface area contributed by atoms with Crippen molar-refractivity contribution in [2.24, 2.45) is 11.0 Å². The van der Waals surface area contributed by atoms with E-state index in [1.807, 2.05) is 32.9 Å². The van der Waals surface area contributed by atoms with Gasteiger partial charge in [-0.3, -0.25) is 14.4 Å². The zero-order valence-electron chi connectivity index (χ0n) is 20.6. The topological polar surface area (TPSA) is 109 Å². The molecule has 2 N–H and O–H groups in total. The third kappa shape index (κ3) is 7.89. The van der Waals surface area contributed by atoms with Gasteiger partial charge in [0.1, 0.15) is 11.8 Å². The van der Waals surface area contributed by atoms with Crippen molar-refractivity contribution in [1.82, 2.24) is 15.6 Å². The van der Waals surface area contributed by atoms with Crippen molar-refractivity contribution >= 4 is 39.9 Å². The van der Waals surface area contributed by atoms with E-state index >= 15 is 0 Å². The number of morpholine rings is 1. The number of hydrogen-bond acceptors (Lipinski definition) is 6. The first-order valence-corrected chi connectivity index (χ1v) is 12.5. The number of carbonyl (C=O) groups is 3. The quantitative estimate of drug-likeness (QED) is 0.363. The number of ether oxygens (including phenoxy) is 2. The van der Waals surface area contributed by atoms with Gasteiger partial charge in [-0.1, -0.05) is 47.5 Å². The monoisotopic (exact) mass is 558 g/mol. The lowest BCUT2D eigenvalue weighted by Gasteiger charge is -2.26. The number of hydrazone groups is 1. The van der Waals surface area contributed by atoms with Crippen LogP contribution in [0.4, 0.5) is 0 Å². The summed E-state index contributed by atoms with van der Waals surface area (Å²) in [5.41, 5.74) is 4.59. The van der Waals surface area contributed by atoms with E-state index in [1.165, 1.54) is 6.21 Å². The maximum Gasteiger partial charge on any atom is 0.262 e. The zero-order valence-corrected chi connectivity index (χ0v) is 22.2. The Morgan fingerprint density at radius 3 is 2.50 bits per heavy atom. The summed E-state index contributed by atoms with van der Waals surface area (Å²) in [5, 5.41) is 6.84. The highest BCUT2D eigenvalue weighted by Crippen LogP contribution is 2.22. The second-order valence-corrected chi connectivity index (χ2v) is 9.68. The molecule has 1 atom stereocenters. The largest absolute Gasteiger partial charge is 0.483 e. The van der Waals surface area contributed by atoms with E-state index in [0.29, 0.717) is 43.2 Å². The van der Waals surface area contributed by atoms with Crippen LogP contribution in [-0.4, -0.2) is 67.8 Å². The van der Waals surface area contributed by atoms with Gasteiger partial charge in [-0.05, 0) is 43.2 Å². The van der Waals surface area contributed by atoms with Crippen LogP contribution in [0.25, 0.3) is 0 Å². The minimum Gasteiger partial charge on any atom is -0.483 e. The number of rotatable bonds is 9. The summed E-state index contributed by atoms with van der Waals surface area (Å²) in [6.07, 6.45) is 1.44. The van der Waals surface area contributed by atoms with E-state index in [2.05, 4.69) is 31.8 Å². The van der Waals surface area contributed by atoms with Crippen LogP contribution in [0.2, 0.25) is 0 Å². The fourth-order valence-corrected chi connectivity index (χ4v) is 3.87. The maximum absolute atomic E-state index is 12.8. The molecule has 1 saturated heterocycles. The Bertz CT molecular complexity index is 1100. The Morgan fingerprint density at radius 1 is 1.14 bits per heavy atom. The molecule has 2 aromatic rings. The van der Waals surface area contributed by atoms with Crippen molar-refractivity contribution in [2.45, 2.75) is 26.8 Å². The van der Waals surface area contributed by atoms with Gasteiger partial charge >= 0.3 is 0 Å². The van der Waals surface area contributed by atoms with E-state index in [4.69, 9.17) is 9.47 Å². The van der Waals surface area contributed by atoms with Crippen molar-refractivity contribution in [1.29, 1.82) is 0 Å². The average Bonchev–Trinajstić information content (AvgIpc) is 2.87. The lowest BCUT2D eigenvalue weighted by atomic mass is 10.0. The Hall–Kier alpha value is -3.24. The molecule has 3 rings (SSSR count). The van der Waals surface area contributed by atoms with Gasteiger partial charge in [0.25, 0.3) is 17.7 Å². The molecule has 10 heteroatoms. The third-order valence-electron chi connectivity index (χ3n) is 5.61. The first kappa shape index (κ1) is 27.3. The molecule has 0 aliphatic carbocycles. The summed E-state index contributed by atoms with van der Waals surface area (Å²) < 4.78 is 11.8.